The Kier molecular flexibility index (Phi) is 9.62. The lowest BCUT2D eigenvalue weighted by Gasteiger charge is -2.33. The number of carbonyl (C=O) groups is 2. The van der Waals surface area contributed by atoms with E-state index in [0.717, 1.165) is 11.1 Å². The van der Waals surface area contributed by atoms with Gasteiger partial charge in [-0.25, -0.2) is 0 Å². The molecule has 0 spiro atoms. The Balaban J connectivity index is 2.31. The van der Waals surface area contributed by atoms with Crippen LogP contribution in [0.25, 0.3) is 0 Å². The second kappa shape index (κ2) is 11.8. The summed E-state index contributed by atoms with van der Waals surface area (Å²) in [5.41, 5.74) is 1.39. The van der Waals surface area contributed by atoms with Crippen LogP contribution in [0.15, 0.2) is 42.5 Å². The lowest BCUT2D eigenvalue weighted by atomic mass is 10.0. The van der Waals surface area contributed by atoms with Gasteiger partial charge in [-0.15, -0.1) is 0 Å². The minimum atomic E-state index is -0.657. The van der Waals surface area contributed by atoms with Crippen molar-refractivity contribution in [3.05, 3.63) is 63.6 Å². The Bertz CT molecular complexity index is 970. The highest BCUT2D eigenvalue weighted by Crippen LogP contribution is 2.27. The third-order valence-electron chi connectivity index (χ3n) is 5.11. The van der Waals surface area contributed by atoms with E-state index in [1.54, 1.807) is 23.1 Å². The summed E-state index contributed by atoms with van der Waals surface area (Å²) in [7, 11) is 0. The minimum Gasteiger partial charge on any atom is -0.483 e. The number of nitrogens with one attached hydrogen (secondary N) is 1. The van der Waals surface area contributed by atoms with Gasteiger partial charge in [-0.05, 0) is 62.4 Å². The summed E-state index contributed by atoms with van der Waals surface area (Å²) in [6.45, 7) is 11.8. The third kappa shape index (κ3) is 7.94. The number of rotatable bonds is 9. The number of carbonyl (C=O) groups excluding carboxylic acids is 2. The van der Waals surface area contributed by atoms with E-state index in [2.05, 4.69) is 19.2 Å². The van der Waals surface area contributed by atoms with Crippen LogP contribution >= 0.6 is 23.2 Å². The largest absolute Gasteiger partial charge is 0.483 e. The molecule has 1 atom stereocenters. The van der Waals surface area contributed by atoms with E-state index in [1.807, 2.05) is 52.0 Å². The average Bonchev–Trinajstić information content (AvgIpc) is 2.73. The van der Waals surface area contributed by atoms with Crippen molar-refractivity contribution in [3.8, 4) is 5.75 Å². The van der Waals surface area contributed by atoms with E-state index < -0.39 is 11.6 Å². The van der Waals surface area contributed by atoms with Gasteiger partial charge >= 0.3 is 0 Å². The maximum absolute atomic E-state index is 13.4. The molecule has 0 saturated heterocycles. The molecule has 180 valence electrons. The molecule has 2 aromatic rings. The fraction of sp³-hybridized carbons (Fsp3) is 0.462. The molecule has 1 N–H and O–H groups in total. The molecule has 0 radical (unpaired) electrons. The summed E-state index contributed by atoms with van der Waals surface area (Å²) in [6, 6.07) is 12.2. The first-order valence-electron chi connectivity index (χ1n) is 11.2. The molecule has 0 saturated carbocycles. The summed E-state index contributed by atoms with van der Waals surface area (Å²) >= 11 is 12.2. The highest BCUT2D eigenvalue weighted by Gasteiger charge is 2.31. The number of hydrogen-bond donors (Lipinski definition) is 1. The molecule has 5 nitrogen and oxygen atoms in total. The molecule has 0 aliphatic carbocycles. The first kappa shape index (κ1) is 27.0. The number of halogens is 2. The smallest absolute Gasteiger partial charge is 0.261 e. The summed E-state index contributed by atoms with van der Waals surface area (Å²) < 4.78 is 5.93. The third-order valence-corrected chi connectivity index (χ3v) is 5.85. The van der Waals surface area contributed by atoms with E-state index in [1.165, 1.54) is 0 Å². The van der Waals surface area contributed by atoms with Crippen LogP contribution in [0.1, 0.15) is 65.0 Å². The predicted octanol–water partition coefficient (Wildman–Crippen LogP) is 6.22. The van der Waals surface area contributed by atoms with Crippen molar-refractivity contribution in [3.63, 3.8) is 0 Å². The fourth-order valence-corrected chi connectivity index (χ4v) is 3.84. The number of para-hydroxylation sites is 1. The van der Waals surface area contributed by atoms with Crippen molar-refractivity contribution in [2.75, 3.05) is 6.61 Å². The van der Waals surface area contributed by atoms with Crippen molar-refractivity contribution >= 4 is 35.0 Å². The Morgan fingerprint density at radius 2 is 1.73 bits per heavy atom. The summed E-state index contributed by atoms with van der Waals surface area (Å²) in [4.78, 5) is 28.0. The average molecular weight is 493 g/mol. The second-order valence-electron chi connectivity index (χ2n) is 9.41. The summed E-state index contributed by atoms with van der Waals surface area (Å²) in [6.07, 6.45) is 0.456. The number of benzene rings is 2. The van der Waals surface area contributed by atoms with Crippen molar-refractivity contribution < 1.29 is 14.3 Å². The molecule has 0 bridgehead atoms. The van der Waals surface area contributed by atoms with E-state index in [-0.39, 0.29) is 30.9 Å². The van der Waals surface area contributed by atoms with E-state index in [0.29, 0.717) is 22.2 Å². The molecule has 2 rings (SSSR count). The van der Waals surface area contributed by atoms with Gasteiger partial charge in [0.1, 0.15) is 11.8 Å². The molecule has 0 aliphatic heterocycles. The Labute approximate surface area is 207 Å². The van der Waals surface area contributed by atoms with Gasteiger partial charge in [-0.1, -0.05) is 68.2 Å². The van der Waals surface area contributed by atoms with Gasteiger partial charge in [0, 0.05) is 12.1 Å². The predicted molar refractivity (Wildman–Crippen MR) is 135 cm³/mol. The monoisotopic (exact) mass is 492 g/mol. The molecule has 7 heteroatoms. The molecule has 33 heavy (non-hydrogen) atoms. The Hall–Kier alpha value is -2.24. The van der Waals surface area contributed by atoms with Crippen molar-refractivity contribution in [1.29, 1.82) is 0 Å². The quantitative estimate of drug-likeness (QED) is 0.451. The molecule has 0 aromatic heterocycles. The first-order valence-corrected chi connectivity index (χ1v) is 12.0. The molecule has 2 aromatic carbocycles. The maximum Gasteiger partial charge on any atom is 0.261 e. The van der Waals surface area contributed by atoms with Crippen LogP contribution in [0.3, 0.4) is 0 Å². The van der Waals surface area contributed by atoms with E-state index >= 15 is 0 Å². The molecule has 0 heterocycles. The van der Waals surface area contributed by atoms with Gasteiger partial charge in [-0.3, -0.25) is 9.59 Å². The Morgan fingerprint density at radius 1 is 1.06 bits per heavy atom. The molecular formula is C26H34Cl2N2O3. The minimum absolute atomic E-state index is 0.176. The zero-order valence-electron chi connectivity index (χ0n) is 20.2. The number of hydrogen-bond acceptors (Lipinski definition) is 3. The maximum atomic E-state index is 13.4. The fourth-order valence-electron chi connectivity index (χ4n) is 3.52. The topological polar surface area (TPSA) is 58.6 Å². The molecule has 2 amide bonds. The van der Waals surface area contributed by atoms with E-state index in [9.17, 15) is 9.59 Å². The van der Waals surface area contributed by atoms with Crippen molar-refractivity contribution in [2.45, 2.75) is 72.0 Å². The number of amides is 2. The van der Waals surface area contributed by atoms with Crippen LogP contribution in [0.2, 0.25) is 10.0 Å². The normalized spacial score (nSPS) is 12.4. The van der Waals surface area contributed by atoms with Crippen molar-refractivity contribution in [1.82, 2.24) is 10.2 Å². The van der Waals surface area contributed by atoms with Gasteiger partial charge in [-0.2, -0.15) is 0 Å². The van der Waals surface area contributed by atoms with Gasteiger partial charge in [0.25, 0.3) is 5.91 Å². The lowest BCUT2D eigenvalue weighted by Crippen LogP contribution is -2.54. The van der Waals surface area contributed by atoms with Crippen LogP contribution < -0.4 is 10.1 Å². The SMILES string of the molecule is CC[C@H](C(=O)NC(C)(C)C)N(Cc1ccc(Cl)c(Cl)c1)C(=O)COc1ccccc1C(C)C. The van der Waals surface area contributed by atoms with Gasteiger partial charge in [0.15, 0.2) is 6.61 Å². The molecule has 0 fully saturated rings. The van der Waals surface area contributed by atoms with Crippen LogP contribution in [0.5, 0.6) is 5.75 Å². The second-order valence-corrected chi connectivity index (χ2v) is 10.2. The molecular weight excluding hydrogens is 459 g/mol. The Morgan fingerprint density at radius 3 is 2.30 bits per heavy atom. The number of nitrogens with zero attached hydrogens (tertiary/aromatic N) is 1. The molecule has 0 unspecified atom stereocenters. The zero-order chi connectivity index (χ0) is 24.8. The highest BCUT2D eigenvalue weighted by molar-refractivity contribution is 6.42. The van der Waals surface area contributed by atoms with E-state index in [4.69, 9.17) is 27.9 Å². The molecule has 0 aliphatic rings. The van der Waals surface area contributed by atoms with Gasteiger partial charge in [0.2, 0.25) is 5.91 Å². The van der Waals surface area contributed by atoms with Gasteiger partial charge in [0.05, 0.1) is 10.0 Å². The zero-order valence-corrected chi connectivity index (χ0v) is 21.8. The van der Waals surface area contributed by atoms with Crippen LogP contribution in [0, 0.1) is 0 Å². The van der Waals surface area contributed by atoms with Gasteiger partial charge < -0.3 is 15.0 Å². The number of ether oxygens (including phenoxy) is 1. The standard InChI is InChI=1S/C26H34Cl2N2O3/c1-7-22(25(32)29-26(4,5)6)30(15-18-12-13-20(27)21(28)14-18)24(31)16-33-23-11-9-8-10-19(23)17(2)3/h8-14,17,22H,7,15-16H2,1-6H3,(H,29,32)/t22-/m1/s1. The van der Waals surface area contributed by atoms with Crippen LogP contribution in [0.4, 0.5) is 0 Å². The van der Waals surface area contributed by atoms with Crippen LogP contribution in [-0.2, 0) is 16.1 Å². The van der Waals surface area contributed by atoms with Crippen molar-refractivity contribution in [2.24, 2.45) is 0 Å². The van der Waals surface area contributed by atoms with Crippen LogP contribution in [-0.4, -0.2) is 34.9 Å². The first-order chi connectivity index (χ1) is 15.4. The summed E-state index contributed by atoms with van der Waals surface area (Å²) in [5.74, 6) is 0.434. The highest BCUT2D eigenvalue weighted by atomic mass is 35.5. The summed E-state index contributed by atoms with van der Waals surface area (Å²) in [5, 5.41) is 3.82. The lowest BCUT2D eigenvalue weighted by molar-refractivity contribution is -0.143.